The van der Waals surface area contributed by atoms with E-state index in [1.165, 1.54) is 84.0 Å². The first-order chi connectivity index (χ1) is 60.5. The van der Waals surface area contributed by atoms with Crippen LogP contribution in [0, 0.1) is 0 Å². The molecule has 0 saturated carbocycles. The fourth-order valence-electron chi connectivity index (χ4n) is 11.8. The highest BCUT2D eigenvalue weighted by Crippen LogP contribution is 2.28. The summed E-state index contributed by atoms with van der Waals surface area (Å²) in [6.07, 6.45) is -0.511. The van der Waals surface area contributed by atoms with Crippen molar-refractivity contribution in [3.8, 4) is 34.5 Å². The average molecular weight is 1750 g/mol. The maximum atomic E-state index is 14.9. The van der Waals surface area contributed by atoms with Gasteiger partial charge in [-0.25, -0.2) is 24.0 Å². The molecule has 0 spiro atoms. The van der Waals surface area contributed by atoms with Crippen molar-refractivity contribution in [3.05, 3.63) is 107 Å². The number of nitrogens with zero attached hydrogens (tertiary/aromatic N) is 6. The molecule has 0 unspecified atom stereocenters. The first-order valence-electron chi connectivity index (χ1n) is 41.7. The molecule has 3 heterocycles. The third-order valence-electron chi connectivity index (χ3n) is 18.1. The number of hydrogen-bond acceptors (Lipinski definition) is 33. The van der Waals surface area contributed by atoms with E-state index in [9.17, 15) is 47.9 Å². The lowest BCUT2D eigenvalue weighted by Gasteiger charge is -2.25. The third kappa shape index (κ3) is 41.0. The molecule has 7 rings (SSSR count). The molecule has 3 fully saturated rings. The number of amides is 6. The minimum atomic E-state index is -0.627. The Morgan fingerprint density at radius 3 is 0.685 bits per heavy atom. The number of hydrogen-bond donors (Lipinski definition) is 0. The highest BCUT2D eigenvalue weighted by molar-refractivity contribution is 5.97. The molecule has 39 heteroatoms. The molecule has 3 aliphatic heterocycles. The zero-order valence-electron chi connectivity index (χ0n) is 71.5. The smallest absolute Gasteiger partial charge is 0.410 e. The van der Waals surface area contributed by atoms with Gasteiger partial charge in [0.25, 0.3) is 29.5 Å². The van der Waals surface area contributed by atoms with Gasteiger partial charge in [0.1, 0.15) is 41.1 Å². The number of rotatable bonds is 27. The summed E-state index contributed by atoms with van der Waals surface area (Å²) in [5, 5.41) is 0. The molecule has 124 heavy (non-hydrogen) atoms. The predicted octanol–water partition coefficient (Wildman–Crippen LogP) is 3.47. The van der Waals surface area contributed by atoms with Gasteiger partial charge in [-0.05, 0) is 69.7 Å². The quantitative estimate of drug-likeness (QED) is 0.0609. The summed E-state index contributed by atoms with van der Waals surface area (Å²) in [4.78, 5) is 143. The second kappa shape index (κ2) is 61.1. The van der Waals surface area contributed by atoms with Crippen LogP contribution in [0.4, 0.5) is 4.79 Å². The average Bonchev–Trinajstić information content (AvgIpc) is 0.839. The van der Waals surface area contributed by atoms with Crippen molar-refractivity contribution in [2.75, 3.05) is 303 Å². The molecular formula is C85H120N6O33. The molecule has 0 atom stereocenters. The monoisotopic (exact) mass is 1750 g/mol. The summed E-state index contributed by atoms with van der Waals surface area (Å²) < 4.78 is 132. The SMILES string of the molecule is CCOC(=O)COc1cc(OCC(=O)OCC)cc(C(=O)N2CCOCCOCCN(C(=O)COc3cc(OCC(=O)N4CCOCCOCCN(C(=O)c5cc(OCC(=O)OCC)cc(OCC(=O)OCC)c5)CCOCCOCC4)cc(C(=O)N4CCOCCOCCN(C(=O)OCc5ccccc5)CCOCCOCC4)c3)CCOCCOCC2)c1. The van der Waals surface area contributed by atoms with E-state index in [0.29, 0.717) is 0 Å². The largest absolute Gasteiger partial charge is 0.484 e. The van der Waals surface area contributed by atoms with Crippen LogP contribution in [-0.4, -0.2) is 392 Å². The van der Waals surface area contributed by atoms with Gasteiger partial charge in [-0.2, -0.15) is 0 Å². The van der Waals surface area contributed by atoms with Crippen LogP contribution in [0.2, 0.25) is 0 Å². The van der Waals surface area contributed by atoms with Crippen LogP contribution in [0.3, 0.4) is 0 Å². The van der Waals surface area contributed by atoms with Gasteiger partial charge in [0.2, 0.25) is 0 Å². The standard InChI is InChI=1S/C85H120N6O33/c1-5-114-78(94)62-120-72-52-68(53-73(57-72)121-63-79(95)115-6-2)83(99)89-20-30-106-42-38-102-26-14-86(15-27-103-39-43-107-31-21-89)76(92)60-118-70-50-67(82(98)88-18-34-110-46-48-112-36-24-91(25-37-113-49-47-111-35-19-88)85(101)124-59-66-12-10-9-11-13-66)51-71(56-70)119-61-77(93)87-16-28-104-40-44-108-32-22-90(23-33-109-45-41-105-29-17-87)84(100)69-54-74(122-64-80(96)116-7-3)58-75(55-69)123-65-81(97)117-8-4/h9-13,50-58H,5-8,14-49,59-65H2,1-4H3. The first kappa shape index (κ1) is 101. The van der Waals surface area contributed by atoms with Crippen LogP contribution in [0.25, 0.3) is 0 Å². The summed E-state index contributed by atoms with van der Waals surface area (Å²) >= 11 is 0. The van der Waals surface area contributed by atoms with Crippen molar-refractivity contribution in [3.63, 3.8) is 0 Å². The second-order valence-corrected chi connectivity index (χ2v) is 27.0. The molecule has 6 amide bonds. The second-order valence-electron chi connectivity index (χ2n) is 27.0. The molecule has 0 radical (unpaired) electrons. The summed E-state index contributed by atoms with van der Waals surface area (Å²) in [6, 6.07) is 22.4. The van der Waals surface area contributed by atoms with Gasteiger partial charge in [0.05, 0.1) is 185 Å². The summed E-state index contributed by atoms with van der Waals surface area (Å²) in [5.74, 6) is -4.28. The Balaban J connectivity index is 0.991. The Hall–Kier alpha value is -10.3. The Bertz CT molecular complexity index is 3510. The maximum absolute atomic E-state index is 14.9. The van der Waals surface area contributed by atoms with Gasteiger partial charge in [0, 0.05) is 113 Å². The fourth-order valence-corrected chi connectivity index (χ4v) is 11.8. The molecule has 0 aliphatic carbocycles. The zero-order valence-corrected chi connectivity index (χ0v) is 71.5. The molecule has 688 valence electrons. The maximum Gasteiger partial charge on any atom is 0.410 e. The lowest BCUT2D eigenvalue weighted by molar-refractivity contribution is -0.146. The fraction of sp³-hybridized carbons (Fsp3) is 0.600. The van der Waals surface area contributed by atoms with Crippen molar-refractivity contribution in [2.24, 2.45) is 0 Å². The Kier molecular flexibility index (Phi) is 49.7. The Morgan fingerprint density at radius 1 is 0.250 bits per heavy atom. The van der Waals surface area contributed by atoms with Crippen LogP contribution in [0.5, 0.6) is 34.5 Å². The van der Waals surface area contributed by atoms with E-state index >= 15 is 0 Å². The van der Waals surface area contributed by atoms with Gasteiger partial charge in [-0.15, -0.1) is 0 Å². The molecule has 0 N–H and O–H groups in total. The van der Waals surface area contributed by atoms with E-state index in [2.05, 4.69) is 0 Å². The lowest BCUT2D eigenvalue weighted by Crippen LogP contribution is -2.40. The summed E-state index contributed by atoms with van der Waals surface area (Å²) in [6.45, 7) is 8.80. The van der Waals surface area contributed by atoms with Gasteiger partial charge < -0.3 is 138 Å². The van der Waals surface area contributed by atoms with Crippen molar-refractivity contribution in [2.45, 2.75) is 34.3 Å². The minimum Gasteiger partial charge on any atom is -0.484 e. The third-order valence-corrected chi connectivity index (χ3v) is 18.1. The van der Waals surface area contributed by atoms with Crippen LogP contribution in [0.1, 0.15) is 64.3 Å². The van der Waals surface area contributed by atoms with Crippen LogP contribution in [-0.2, 0) is 116 Å². The minimum absolute atomic E-state index is 0.0501. The topological polar surface area (TPSA) is 402 Å². The zero-order chi connectivity index (χ0) is 88.4. The van der Waals surface area contributed by atoms with Gasteiger partial charge in [-0.1, -0.05) is 30.3 Å². The number of carbonyl (C=O) groups is 10. The number of ether oxygens (including phenoxy) is 23. The number of carbonyl (C=O) groups excluding carboxylic acids is 10. The van der Waals surface area contributed by atoms with E-state index < -0.39 is 99.1 Å². The van der Waals surface area contributed by atoms with Gasteiger partial charge >= 0.3 is 30.0 Å². The molecule has 0 bridgehead atoms. The molecule has 4 aromatic carbocycles. The van der Waals surface area contributed by atoms with Crippen LogP contribution < -0.4 is 28.4 Å². The Labute approximate surface area is 722 Å². The molecular weight excluding hydrogens is 1630 g/mol. The summed E-state index contributed by atoms with van der Waals surface area (Å²) in [5.41, 5.74) is 1.18. The molecule has 4 aromatic rings. The summed E-state index contributed by atoms with van der Waals surface area (Å²) in [7, 11) is 0. The van der Waals surface area contributed by atoms with Gasteiger partial charge in [-0.3, -0.25) is 24.0 Å². The number of esters is 4. The van der Waals surface area contributed by atoms with Crippen LogP contribution >= 0.6 is 0 Å². The van der Waals surface area contributed by atoms with Crippen molar-refractivity contribution in [1.29, 1.82) is 0 Å². The van der Waals surface area contributed by atoms with E-state index in [0.717, 1.165) is 5.56 Å². The van der Waals surface area contributed by atoms with Crippen molar-refractivity contribution in [1.82, 2.24) is 29.4 Å². The van der Waals surface area contributed by atoms with Crippen molar-refractivity contribution < 1.29 is 157 Å². The molecule has 39 nitrogen and oxygen atoms in total. The van der Waals surface area contributed by atoms with Crippen LogP contribution in [0.15, 0.2) is 84.9 Å². The normalized spacial score (nSPS) is 16.9. The van der Waals surface area contributed by atoms with Gasteiger partial charge in [0.15, 0.2) is 39.6 Å². The van der Waals surface area contributed by atoms with Crippen molar-refractivity contribution >= 4 is 59.5 Å². The highest BCUT2D eigenvalue weighted by Gasteiger charge is 2.26. The number of benzene rings is 4. The van der Waals surface area contributed by atoms with E-state index in [1.807, 2.05) is 30.3 Å². The first-order valence-corrected chi connectivity index (χ1v) is 41.7. The molecule has 3 saturated heterocycles. The van der Waals surface area contributed by atoms with E-state index in [-0.39, 0.29) is 321 Å². The van der Waals surface area contributed by atoms with E-state index in [4.69, 9.17) is 109 Å². The highest BCUT2D eigenvalue weighted by atomic mass is 16.6. The predicted molar refractivity (Wildman–Crippen MR) is 438 cm³/mol. The molecule has 3 aliphatic rings. The van der Waals surface area contributed by atoms with E-state index in [1.54, 1.807) is 27.7 Å². The Morgan fingerprint density at radius 2 is 0.460 bits per heavy atom. The molecule has 0 aromatic heterocycles. The lowest BCUT2D eigenvalue weighted by atomic mass is 10.1.